The predicted octanol–water partition coefficient (Wildman–Crippen LogP) is 5.98. The first-order valence-electron chi connectivity index (χ1n) is 11.6. The molecule has 0 saturated carbocycles. The van der Waals surface area contributed by atoms with Crippen molar-refractivity contribution in [2.24, 2.45) is 0 Å². The van der Waals surface area contributed by atoms with Gasteiger partial charge >= 0.3 is 0 Å². The molecule has 0 aromatic heterocycles. The quantitative estimate of drug-likeness (QED) is 0.268. The fourth-order valence-electron chi connectivity index (χ4n) is 2.67. The van der Waals surface area contributed by atoms with E-state index < -0.39 is 22.2 Å². The summed E-state index contributed by atoms with van der Waals surface area (Å²) >= 11 is 0. The Balaban J connectivity index is 4.57. The van der Waals surface area contributed by atoms with Gasteiger partial charge in [-0.25, -0.2) is 0 Å². The van der Waals surface area contributed by atoms with Crippen molar-refractivity contribution in [3.63, 3.8) is 0 Å². The molecular formula is C23H52O5Si2. The van der Waals surface area contributed by atoms with Gasteiger partial charge in [0, 0.05) is 0 Å². The van der Waals surface area contributed by atoms with E-state index in [2.05, 4.69) is 67.7 Å². The van der Waals surface area contributed by atoms with E-state index in [0.717, 1.165) is 0 Å². The van der Waals surface area contributed by atoms with Gasteiger partial charge in [-0.15, -0.1) is 0 Å². The van der Waals surface area contributed by atoms with E-state index in [0.29, 0.717) is 32.8 Å². The van der Waals surface area contributed by atoms with Gasteiger partial charge in [0.2, 0.25) is 0 Å². The molecule has 0 rings (SSSR count). The van der Waals surface area contributed by atoms with Gasteiger partial charge in [0.05, 0.1) is 38.6 Å². The molecule has 2 atom stereocenters. The van der Waals surface area contributed by atoms with Crippen LogP contribution in [0.1, 0.15) is 68.7 Å². The molecule has 0 fully saturated rings. The van der Waals surface area contributed by atoms with Crippen molar-refractivity contribution in [1.29, 1.82) is 0 Å². The number of rotatable bonds is 13. The van der Waals surface area contributed by atoms with Crippen LogP contribution in [0.2, 0.25) is 36.3 Å². The minimum atomic E-state index is -1.78. The number of aliphatic hydroxyl groups is 1. The maximum Gasteiger partial charge on any atom is 0.192 e. The van der Waals surface area contributed by atoms with Crippen molar-refractivity contribution in [1.82, 2.24) is 0 Å². The van der Waals surface area contributed by atoms with Crippen LogP contribution in [-0.4, -0.2) is 66.0 Å². The molecule has 30 heavy (non-hydrogen) atoms. The molecule has 0 aromatic rings. The smallest absolute Gasteiger partial charge is 0.192 e. The summed E-state index contributed by atoms with van der Waals surface area (Å²) in [4.78, 5) is 0. The van der Waals surface area contributed by atoms with Crippen molar-refractivity contribution in [2.75, 3.05) is 26.4 Å². The lowest BCUT2D eigenvalue weighted by atomic mass is 9.89. The second-order valence-corrected chi connectivity index (χ2v) is 21.2. The Morgan fingerprint density at radius 3 is 1.20 bits per heavy atom. The molecule has 7 heteroatoms. The van der Waals surface area contributed by atoms with E-state index in [-0.39, 0.29) is 22.3 Å². The standard InChI is InChI=1S/C23H52O5Si2/c1-14-23(24,19(2)25-15-17-27-29(10,11)21(4,5)6)20(3)26-16-18-28-30(12,13)22(7,8)9/h19-20,24H,14-18H2,1-13H3. The van der Waals surface area contributed by atoms with Crippen LogP contribution in [0.15, 0.2) is 0 Å². The van der Waals surface area contributed by atoms with Crippen LogP contribution in [0.3, 0.4) is 0 Å². The highest BCUT2D eigenvalue weighted by Crippen LogP contribution is 2.37. The summed E-state index contributed by atoms with van der Waals surface area (Å²) < 4.78 is 24.3. The van der Waals surface area contributed by atoms with Crippen LogP contribution >= 0.6 is 0 Å². The second-order valence-electron chi connectivity index (χ2n) is 11.6. The van der Waals surface area contributed by atoms with Gasteiger partial charge in [-0.3, -0.25) is 0 Å². The van der Waals surface area contributed by atoms with Gasteiger partial charge in [0.1, 0.15) is 5.60 Å². The average molecular weight is 465 g/mol. The second kappa shape index (κ2) is 11.4. The maximum absolute atomic E-state index is 11.2. The highest BCUT2D eigenvalue weighted by Gasteiger charge is 2.41. The summed E-state index contributed by atoms with van der Waals surface area (Å²) in [6.07, 6.45) is -0.134. The molecule has 0 aliphatic rings. The van der Waals surface area contributed by atoms with E-state index in [1.54, 1.807) is 0 Å². The fourth-order valence-corrected chi connectivity index (χ4v) is 4.72. The van der Waals surface area contributed by atoms with E-state index in [9.17, 15) is 5.11 Å². The van der Waals surface area contributed by atoms with Crippen molar-refractivity contribution >= 4 is 16.6 Å². The third-order valence-electron chi connectivity index (χ3n) is 7.41. The predicted molar refractivity (Wildman–Crippen MR) is 132 cm³/mol. The summed E-state index contributed by atoms with van der Waals surface area (Å²) in [5.74, 6) is 0. The molecule has 0 radical (unpaired) electrons. The first kappa shape index (κ1) is 30.2. The maximum atomic E-state index is 11.2. The van der Waals surface area contributed by atoms with Gasteiger partial charge in [0.25, 0.3) is 0 Å². The van der Waals surface area contributed by atoms with Crippen molar-refractivity contribution < 1.29 is 23.4 Å². The lowest BCUT2D eigenvalue weighted by Crippen LogP contribution is -2.52. The molecule has 2 unspecified atom stereocenters. The highest BCUT2D eigenvalue weighted by molar-refractivity contribution is 6.74. The zero-order valence-corrected chi connectivity index (χ0v) is 24.3. The van der Waals surface area contributed by atoms with Crippen LogP contribution in [0, 0.1) is 0 Å². The average Bonchev–Trinajstić information content (AvgIpc) is 2.59. The first-order chi connectivity index (χ1) is 13.3. The Bertz CT molecular complexity index is 455. The third-order valence-corrected chi connectivity index (χ3v) is 16.5. The molecule has 0 aromatic carbocycles. The summed E-state index contributed by atoms with van der Waals surface area (Å²) in [6.45, 7) is 30.2. The Morgan fingerprint density at radius 1 is 0.667 bits per heavy atom. The summed E-state index contributed by atoms with van der Waals surface area (Å²) in [5, 5.41) is 11.6. The van der Waals surface area contributed by atoms with Crippen molar-refractivity contribution in [3.8, 4) is 0 Å². The molecule has 5 nitrogen and oxygen atoms in total. The Kier molecular flexibility index (Phi) is 11.5. The van der Waals surface area contributed by atoms with Crippen LogP contribution < -0.4 is 0 Å². The molecular weight excluding hydrogens is 412 g/mol. The molecule has 1 N–H and O–H groups in total. The number of hydrogen-bond acceptors (Lipinski definition) is 5. The van der Waals surface area contributed by atoms with Crippen LogP contribution in [-0.2, 0) is 18.3 Å². The van der Waals surface area contributed by atoms with Crippen LogP contribution in [0.4, 0.5) is 0 Å². The Morgan fingerprint density at radius 2 is 0.967 bits per heavy atom. The third kappa shape index (κ3) is 8.64. The summed E-state index contributed by atoms with van der Waals surface area (Å²) in [5.41, 5.74) is -1.05. The monoisotopic (exact) mass is 464 g/mol. The topological polar surface area (TPSA) is 57.2 Å². The molecule has 0 saturated heterocycles. The summed E-state index contributed by atoms with van der Waals surface area (Å²) in [7, 11) is -3.56. The minimum absolute atomic E-state index is 0.178. The molecule has 182 valence electrons. The number of ether oxygens (including phenoxy) is 2. The first-order valence-corrected chi connectivity index (χ1v) is 17.4. The van der Waals surface area contributed by atoms with Crippen molar-refractivity contribution in [2.45, 2.75) is 123 Å². The lowest BCUT2D eigenvalue weighted by molar-refractivity contribution is -0.176. The normalized spacial score (nSPS) is 18.2. The van der Waals surface area contributed by atoms with Gasteiger partial charge in [-0.1, -0.05) is 48.5 Å². The Labute approximate surface area is 189 Å². The zero-order chi connectivity index (χ0) is 24.0. The van der Waals surface area contributed by atoms with Gasteiger partial charge in [-0.05, 0) is 56.5 Å². The summed E-state index contributed by atoms with van der Waals surface area (Å²) in [6, 6.07) is 0. The largest absolute Gasteiger partial charge is 0.414 e. The van der Waals surface area contributed by atoms with E-state index in [4.69, 9.17) is 18.3 Å². The van der Waals surface area contributed by atoms with Crippen LogP contribution in [0.25, 0.3) is 0 Å². The van der Waals surface area contributed by atoms with E-state index in [1.807, 2.05) is 20.8 Å². The highest BCUT2D eigenvalue weighted by atomic mass is 28.4. The molecule has 0 spiro atoms. The van der Waals surface area contributed by atoms with Crippen LogP contribution in [0.5, 0.6) is 0 Å². The molecule has 0 aliphatic heterocycles. The number of hydrogen-bond donors (Lipinski definition) is 1. The minimum Gasteiger partial charge on any atom is -0.414 e. The fraction of sp³-hybridized carbons (Fsp3) is 1.00. The van der Waals surface area contributed by atoms with E-state index >= 15 is 0 Å². The Hall–Kier alpha value is 0.234. The molecule has 0 bridgehead atoms. The van der Waals surface area contributed by atoms with E-state index in [1.165, 1.54) is 0 Å². The van der Waals surface area contributed by atoms with Crippen molar-refractivity contribution in [3.05, 3.63) is 0 Å². The molecule has 0 aliphatic carbocycles. The van der Waals surface area contributed by atoms with Gasteiger partial charge in [-0.2, -0.15) is 0 Å². The lowest BCUT2D eigenvalue weighted by Gasteiger charge is -2.39. The molecule has 0 amide bonds. The van der Waals surface area contributed by atoms with Gasteiger partial charge in [0.15, 0.2) is 16.6 Å². The zero-order valence-electron chi connectivity index (χ0n) is 22.3. The SMILES string of the molecule is CCC(O)(C(C)OCCO[Si](C)(C)C(C)(C)C)C(C)OCCO[Si](C)(C)C(C)(C)C. The van der Waals surface area contributed by atoms with Gasteiger partial charge < -0.3 is 23.4 Å². The molecule has 0 heterocycles.